The first-order valence-electron chi connectivity index (χ1n) is 4.59. The third-order valence-corrected chi connectivity index (χ3v) is 2.94. The van der Waals surface area contributed by atoms with Crippen molar-refractivity contribution >= 4 is 11.8 Å². The van der Waals surface area contributed by atoms with Crippen LogP contribution in [0.15, 0.2) is 11.1 Å². The molecule has 76 valence electrons. The molecule has 0 bridgehead atoms. The summed E-state index contributed by atoms with van der Waals surface area (Å²) in [5.41, 5.74) is 0. The van der Waals surface area contributed by atoms with E-state index in [1.165, 1.54) is 18.6 Å². The molecule has 0 aromatic rings. The lowest BCUT2D eigenvalue weighted by Gasteiger charge is -2.07. The van der Waals surface area contributed by atoms with Gasteiger partial charge in [-0.2, -0.15) is 0 Å². The van der Waals surface area contributed by atoms with E-state index in [9.17, 15) is 0 Å². The van der Waals surface area contributed by atoms with Crippen molar-refractivity contribution in [3.05, 3.63) is 11.1 Å². The molecule has 0 saturated heterocycles. The Balaban J connectivity index is 1.94. The third kappa shape index (κ3) is 4.55. The van der Waals surface area contributed by atoms with Crippen LogP contribution in [0.5, 0.6) is 0 Å². The van der Waals surface area contributed by atoms with Gasteiger partial charge in [-0.3, -0.25) is 0 Å². The molecule has 0 saturated carbocycles. The van der Waals surface area contributed by atoms with Crippen LogP contribution in [-0.4, -0.2) is 25.5 Å². The normalized spacial score (nSPS) is 21.7. The van der Waals surface area contributed by atoms with Gasteiger partial charge in [-0.05, 0) is 12.8 Å². The van der Waals surface area contributed by atoms with Crippen molar-refractivity contribution in [2.45, 2.75) is 25.0 Å². The summed E-state index contributed by atoms with van der Waals surface area (Å²) in [6.07, 6.45) is 4.41. The number of allylic oxidation sites excluding steroid dienone is 1. The highest BCUT2D eigenvalue weighted by Crippen LogP contribution is 2.29. The largest absolute Gasteiger partial charge is 0.380 e. The smallest absolute Gasteiger partial charge is 0.0838 e. The number of hydrogen-bond acceptors (Lipinski definition) is 4. The Morgan fingerprint density at radius 3 is 3.15 bits per heavy atom. The minimum Gasteiger partial charge on any atom is -0.380 e. The molecule has 13 heavy (non-hydrogen) atoms. The van der Waals surface area contributed by atoms with Gasteiger partial charge in [0.05, 0.1) is 18.7 Å². The Kier molecular flexibility index (Phi) is 5.27. The monoisotopic (exact) mass is 203 g/mol. The van der Waals surface area contributed by atoms with E-state index in [4.69, 9.17) is 4.89 Å². The summed E-state index contributed by atoms with van der Waals surface area (Å²) in [7, 11) is 1.53. The zero-order valence-electron chi connectivity index (χ0n) is 8.21. The van der Waals surface area contributed by atoms with Gasteiger partial charge in [-0.25, -0.2) is 9.78 Å². The van der Waals surface area contributed by atoms with Crippen molar-refractivity contribution in [3.8, 4) is 0 Å². The van der Waals surface area contributed by atoms with Crippen LogP contribution in [0, 0.1) is 0 Å². The number of nitrogens with one attached hydrogen (secondary N) is 1. The summed E-state index contributed by atoms with van der Waals surface area (Å²) >= 11 is 1.91. The highest BCUT2D eigenvalue weighted by molar-refractivity contribution is 8.03. The summed E-state index contributed by atoms with van der Waals surface area (Å²) in [6.45, 7) is 3.84. The van der Waals surface area contributed by atoms with Crippen LogP contribution >= 0.6 is 11.8 Å². The maximum absolute atomic E-state index is 4.75. The van der Waals surface area contributed by atoms with Gasteiger partial charge in [-0.1, -0.05) is 13.0 Å². The van der Waals surface area contributed by atoms with Gasteiger partial charge < -0.3 is 5.32 Å². The van der Waals surface area contributed by atoms with Crippen LogP contribution in [0.25, 0.3) is 0 Å². The van der Waals surface area contributed by atoms with E-state index >= 15 is 0 Å². The highest BCUT2D eigenvalue weighted by Gasteiger charge is 2.11. The van der Waals surface area contributed by atoms with Crippen LogP contribution in [-0.2, 0) is 9.78 Å². The molecule has 4 heteroatoms. The number of hydrogen-bond donors (Lipinski definition) is 1. The minimum absolute atomic E-state index is 0.650. The fourth-order valence-electron chi connectivity index (χ4n) is 1.13. The molecule has 0 amide bonds. The van der Waals surface area contributed by atoms with Gasteiger partial charge in [0.2, 0.25) is 0 Å². The first-order chi connectivity index (χ1) is 6.33. The Bertz CT molecular complexity index is 173. The number of rotatable bonds is 6. The van der Waals surface area contributed by atoms with Crippen molar-refractivity contribution in [3.63, 3.8) is 0 Å². The van der Waals surface area contributed by atoms with Gasteiger partial charge in [0.15, 0.2) is 0 Å². The zero-order chi connectivity index (χ0) is 9.52. The molecule has 1 unspecified atom stereocenters. The molecule has 1 heterocycles. The van der Waals surface area contributed by atoms with Crippen molar-refractivity contribution in [1.29, 1.82) is 0 Å². The summed E-state index contributed by atoms with van der Waals surface area (Å²) in [6, 6.07) is 0. The lowest BCUT2D eigenvalue weighted by molar-refractivity contribution is -0.272. The van der Waals surface area contributed by atoms with Gasteiger partial charge in [0.25, 0.3) is 0 Å². The Hall–Kier alpha value is -0.190. The van der Waals surface area contributed by atoms with Crippen LogP contribution in [0.4, 0.5) is 0 Å². The molecule has 1 atom stereocenters. The predicted octanol–water partition coefficient (Wildman–Crippen LogP) is 1.91. The van der Waals surface area contributed by atoms with E-state index in [1.807, 2.05) is 11.8 Å². The first kappa shape index (κ1) is 10.9. The van der Waals surface area contributed by atoms with Crippen LogP contribution in [0.2, 0.25) is 0 Å². The standard InChI is InChI=1S/C9H17NO2S/c1-8-4-5-9(13-8)10-6-3-7-12-11-2/h5,8,10H,3-4,6-7H2,1-2H3. The molecular formula is C9H17NO2S. The molecule has 0 radical (unpaired) electrons. The van der Waals surface area contributed by atoms with Crippen LogP contribution in [0.3, 0.4) is 0 Å². The van der Waals surface area contributed by atoms with E-state index in [0.717, 1.165) is 18.2 Å². The van der Waals surface area contributed by atoms with E-state index in [1.54, 1.807) is 0 Å². The second-order valence-corrected chi connectivity index (χ2v) is 4.48. The lowest BCUT2D eigenvalue weighted by atomic mass is 10.3. The maximum atomic E-state index is 4.75. The molecule has 1 rings (SSSR count). The lowest BCUT2D eigenvalue weighted by Crippen LogP contribution is -2.13. The second-order valence-electron chi connectivity index (χ2n) is 3.00. The summed E-state index contributed by atoms with van der Waals surface area (Å²) in [5.74, 6) is 0. The number of thioether (sulfide) groups is 1. The molecule has 0 aromatic heterocycles. The van der Waals surface area contributed by atoms with E-state index in [2.05, 4.69) is 23.2 Å². The van der Waals surface area contributed by atoms with E-state index in [-0.39, 0.29) is 0 Å². The predicted molar refractivity (Wildman–Crippen MR) is 55.3 cm³/mol. The average molecular weight is 203 g/mol. The molecule has 1 aliphatic heterocycles. The van der Waals surface area contributed by atoms with Crippen molar-refractivity contribution in [1.82, 2.24) is 5.32 Å². The third-order valence-electron chi connectivity index (χ3n) is 1.78. The SMILES string of the molecule is COOCCCNC1=CCC(C)S1. The average Bonchev–Trinajstić information content (AvgIpc) is 2.51. The first-order valence-corrected chi connectivity index (χ1v) is 5.47. The van der Waals surface area contributed by atoms with E-state index < -0.39 is 0 Å². The highest BCUT2D eigenvalue weighted by atomic mass is 32.2. The fourth-order valence-corrected chi connectivity index (χ4v) is 2.13. The van der Waals surface area contributed by atoms with Gasteiger partial charge >= 0.3 is 0 Å². The summed E-state index contributed by atoms with van der Waals surface area (Å²) < 4.78 is 0. The molecule has 1 N–H and O–H groups in total. The molecule has 0 aromatic carbocycles. The van der Waals surface area contributed by atoms with Gasteiger partial charge in [-0.15, -0.1) is 11.8 Å². The Labute approximate surface area is 83.8 Å². The van der Waals surface area contributed by atoms with Crippen molar-refractivity contribution in [2.75, 3.05) is 20.3 Å². The second kappa shape index (κ2) is 6.29. The molecule has 0 fully saturated rings. The quantitative estimate of drug-likeness (QED) is 0.406. The molecule has 3 nitrogen and oxygen atoms in total. The van der Waals surface area contributed by atoms with Crippen molar-refractivity contribution < 1.29 is 9.78 Å². The molecule has 0 aliphatic carbocycles. The van der Waals surface area contributed by atoms with Crippen molar-refractivity contribution in [2.24, 2.45) is 0 Å². The molecular weight excluding hydrogens is 186 g/mol. The Morgan fingerprint density at radius 1 is 1.69 bits per heavy atom. The summed E-state index contributed by atoms with van der Waals surface area (Å²) in [4.78, 5) is 9.24. The summed E-state index contributed by atoms with van der Waals surface area (Å²) in [5, 5.41) is 5.40. The fraction of sp³-hybridized carbons (Fsp3) is 0.778. The topological polar surface area (TPSA) is 30.5 Å². The zero-order valence-corrected chi connectivity index (χ0v) is 9.02. The van der Waals surface area contributed by atoms with E-state index in [0.29, 0.717) is 6.61 Å². The van der Waals surface area contributed by atoms with Gasteiger partial charge in [0.1, 0.15) is 0 Å². The van der Waals surface area contributed by atoms with Gasteiger partial charge in [0, 0.05) is 11.8 Å². The molecule has 0 spiro atoms. The Morgan fingerprint density at radius 2 is 2.54 bits per heavy atom. The van der Waals surface area contributed by atoms with Crippen LogP contribution in [0.1, 0.15) is 19.8 Å². The maximum Gasteiger partial charge on any atom is 0.0838 e. The molecule has 1 aliphatic rings. The van der Waals surface area contributed by atoms with Crippen LogP contribution < -0.4 is 5.32 Å². The minimum atomic E-state index is 0.650.